The van der Waals surface area contributed by atoms with Crippen LogP contribution in [0.15, 0.2) is 65.7 Å². The van der Waals surface area contributed by atoms with E-state index in [1.807, 2.05) is 30.3 Å². The monoisotopic (exact) mass is 514 g/mol. The maximum Gasteiger partial charge on any atom is 0.416 e. The topological polar surface area (TPSA) is 84.3 Å². The lowest BCUT2D eigenvalue weighted by molar-refractivity contribution is -0.137. The number of alkyl halides is 3. The van der Waals surface area contributed by atoms with Crippen LogP contribution in [0.25, 0.3) is 10.2 Å². The maximum atomic E-state index is 13.1. The van der Waals surface area contributed by atoms with Gasteiger partial charge in [-0.05, 0) is 36.2 Å². The molecule has 7 nitrogen and oxygen atoms in total. The molecule has 0 aliphatic rings. The Balaban J connectivity index is 1.54. The first-order chi connectivity index (χ1) is 17.0. The predicted octanol–water partition coefficient (Wildman–Crippen LogP) is 4.70. The van der Waals surface area contributed by atoms with Crippen molar-refractivity contribution < 1.29 is 22.8 Å². The van der Waals surface area contributed by atoms with Crippen LogP contribution >= 0.6 is 11.3 Å². The molecule has 0 spiro atoms. The molecule has 4 rings (SSSR count). The number of nitrogens with one attached hydrogen (secondary N) is 1. The number of thiophene rings is 1. The molecular formula is C25H21F3N4O3S. The quantitative estimate of drug-likeness (QED) is 0.405. The summed E-state index contributed by atoms with van der Waals surface area (Å²) in [5, 5.41) is 2.60. The largest absolute Gasteiger partial charge is 0.416 e. The van der Waals surface area contributed by atoms with Crippen LogP contribution in [0, 0.1) is 6.92 Å². The molecule has 0 aliphatic carbocycles. The molecule has 0 bridgehead atoms. The molecule has 0 saturated heterocycles. The Morgan fingerprint density at radius 3 is 2.53 bits per heavy atom. The van der Waals surface area contributed by atoms with Gasteiger partial charge < -0.3 is 10.2 Å². The predicted molar refractivity (Wildman–Crippen MR) is 131 cm³/mol. The number of anilines is 1. The first-order valence-electron chi connectivity index (χ1n) is 10.8. The summed E-state index contributed by atoms with van der Waals surface area (Å²) in [4.78, 5) is 45.1. The molecule has 0 aliphatic heterocycles. The second-order valence-electron chi connectivity index (χ2n) is 8.19. The molecule has 0 fully saturated rings. The Bertz CT molecular complexity index is 1500. The van der Waals surface area contributed by atoms with Gasteiger partial charge in [0.25, 0.3) is 11.5 Å². The third-order valence-electron chi connectivity index (χ3n) is 5.51. The number of benzene rings is 2. The van der Waals surface area contributed by atoms with E-state index in [4.69, 9.17) is 0 Å². The fourth-order valence-electron chi connectivity index (χ4n) is 3.71. The summed E-state index contributed by atoms with van der Waals surface area (Å²) in [7, 11) is 1.67. The molecular weight excluding hydrogens is 493 g/mol. The summed E-state index contributed by atoms with van der Waals surface area (Å²) < 4.78 is 39.8. The molecule has 186 valence electrons. The molecule has 0 radical (unpaired) electrons. The van der Waals surface area contributed by atoms with E-state index in [-0.39, 0.29) is 17.0 Å². The van der Waals surface area contributed by atoms with Crippen LogP contribution in [-0.2, 0) is 24.1 Å². The Kier molecular flexibility index (Phi) is 6.93. The number of hydrogen-bond acceptors (Lipinski definition) is 5. The highest BCUT2D eigenvalue weighted by Crippen LogP contribution is 2.31. The van der Waals surface area contributed by atoms with Crippen molar-refractivity contribution in [2.24, 2.45) is 0 Å². The van der Waals surface area contributed by atoms with Gasteiger partial charge in [-0.15, -0.1) is 11.3 Å². The average molecular weight is 515 g/mol. The van der Waals surface area contributed by atoms with Gasteiger partial charge in [0.2, 0.25) is 5.91 Å². The van der Waals surface area contributed by atoms with Gasteiger partial charge >= 0.3 is 6.18 Å². The smallest absolute Gasteiger partial charge is 0.337 e. The molecule has 0 unspecified atom stereocenters. The van der Waals surface area contributed by atoms with Crippen molar-refractivity contribution in [2.45, 2.75) is 26.2 Å². The van der Waals surface area contributed by atoms with Crippen LogP contribution in [-0.4, -0.2) is 33.3 Å². The number of nitrogens with zero attached hydrogens (tertiary/aromatic N) is 3. The third-order valence-corrected chi connectivity index (χ3v) is 6.70. The van der Waals surface area contributed by atoms with Gasteiger partial charge in [-0.2, -0.15) is 13.2 Å². The molecule has 36 heavy (non-hydrogen) atoms. The normalized spacial score (nSPS) is 11.5. The molecule has 1 N–H and O–H groups in total. The van der Waals surface area contributed by atoms with Crippen molar-refractivity contribution in [1.29, 1.82) is 0 Å². The molecule has 0 atom stereocenters. The number of fused-ring (bicyclic) bond motifs is 1. The highest BCUT2D eigenvalue weighted by Gasteiger charge is 2.30. The van der Waals surface area contributed by atoms with Crippen molar-refractivity contribution in [3.8, 4) is 0 Å². The lowest BCUT2D eigenvalue weighted by Crippen LogP contribution is -2.28. The number of rotatable bonds is 6. The number of hydrogen-bond donors (Lipinski definition) is 1. The van der Waals surface area contributed by atoms with Crippen LogP contribution in [0.1, 0.15) is 26.4 Å². The van der Waals surface area contributed by atoms with Gasteiger partial charge in [-0.1, -0.05) is 36.4 Å². The van der Waals surface area contributed by atoms with E-state index in [1.54, 1.807) is 18.9 Å². The average Bonchev–Trinajstić information content (AvgIpc) is 3.17. The Morgan fingerprint density at radius 2 is 1.83 bits per heavy atom. The van der Waals surface area contributed by atoms with E-state index < -0.39 is 29.8 Å². The van der Waals surface area contributed by atoms with Crippen molar-refractivity contribution in [3.63, 3.8) is 0 Å². The Labute approximate surface area is 207 Å². The summed E-state index contributed by atoms with van der Waals surface area (Å²) in [5.74, 6) is -0.947. The SMILES string of the molecule is Cc1c(C(=O)N(C)Cc2ccccc2)sc2ncn(CC(=O)Nc3cccc(C(F)(F)F)c3)c(=O)c12. The zero-order valence-corrected chi connectivity index (χ0v) is 20.1. The highest BCUT2D eigenvalue weighted by molar-refractivity contribution is 7.20. The number of carbonyl (C=O) groups is 2. The maximum absolute atomic E-state index is 13.1. The lowest BCUT2D eigenvalue weighted by atomic mass is 10.2. The van der Waals surface area contributed by atoms with Gasteiger partial charge in [0, 0.05) is 19.3 Å². The minimum absolute atomic E-state index is 0.0436. The van der Waals surface area contributed by atoms with E-state index in [1.165, 1.54) is 18.5 Å². The molecule has 2 heterocycles. The van der Waals surface area contributed by atoms with Gasteiger partial charge in [-0.3, -0.25) is 19.0 Å². The molecule has 0 saturated carbocycles. The Morgan fingerprint density at radius 1 is 1.11 bits per heavy atom. The number of amides is 2. The summed E-state index contributed by atoms with van der Waals surface area (Å²) in [6.07, 6.45) is -3.36. The van der Waals surface area contributed by atoms with E-state index in [0.29, 0.717) is 21.8 Å². The fourth-order valence-corrected chi connectivity index (χ4v) is 4.84. The molecule has 2 aromatic heterocycles. The van der Waals surface area contributed by atoms with Crippen LogP contribution < -0.4 is 10.9 Å². The summed E-state index contributed by atoms with van der Waals surface area (Å²) in [6, 6.07) is 13.7. The van der Waals surface area contributed by atoms with Crippen molar-refractivity contribution in [2.75, 3.05) is 12.4 Å². The number of aromatic nitrogens is 2. The van der Waals surface area contributed by atoms with Crippen LogP contribution in [0.2, 0.25) is 0 Å². The van der Waals surface area contributed by atoms with Gasteiger partial charge in [0.15, 0.2) is 0 Å². The van der Waals surface area contributed by atoms with Gasteiger partial charge in [0.05, 0.1) is 22.2 Å². The molecule has 4 aromatic rings. The highest BCUT2D eigenvalue weighted by atomic mass is 32.1. The van der Waals surface area contributed by atoms with Crippen molar-refractivity contribution >= 4 is 39.1 Å². The van der Waals surface area contributed by atoms with E-state index in [0.717, 1.165) is 33.6 Å². The fraction of sp³-hybridized carbons (Fsp3) is 0.200. The Hall–Kier alpha value is -3.99. The summed E-state index contributed by atoms with van der Waals surface area (Å²) >= 11 is 1.10. The van der Waals surface area contributed by atoms with E-state index in [9.17, 15) is 27.6 Å². The molecule has 2 aromatic carbocycles. The zero-order valence-electron chi connectivity index (χ0n) is 19.3. The zero-order chi connectivity index (χ0) is 26.0. The third kappa shape index (κ3) is 5.30. The first kappa shape index (κ1) is 25.1. The summed E-state index contributed by atoms with van der Waals surface area (Å²) in [6.45, 7) is 1.59. The minimum Gasteiger partial charge on any atom is -0.337 e. The number of aryl methyl sites for hydroxylation is 1. The second kappa shape index (κ2) is 9.94. The molecule has 11 heteroatoms. The van der Waals surface area contributed by atoms with Crippen LogP contribution in [0.5, 0.6) is 0 Å². The van der Waals surface area contributed by atoms with Gasteiger partial charge in [0.1, 0.15) is 11.4 Å². The van der Waals surface area contributed by atoms with E-state index in [2.05, 4.69) is 10.3 Å². The van der Waals surface area contributed by atoms with Crippen molar-refractivity contribution in [3.05, 3.63) is 92.8 Å². The van der Waals surface area contributed by atoms with Crippen LogP contribution in [0.3, 0.4) is 0 Å². The molecule has 2 amide bonds. The summed E-state index contributed by atoms with van der Waals surface area (Å²) in [5.41, 5.74) is -0.0380. The van der Waals surface area contributed by atoms with Crippen LogP contribution in [0.4, 0.5) is 18.9 Å². The minimum atomic E-state index is -4.55. The first-order valence-corrected chi connectivity index (χ1v) is 11.6. The standard InChI is InChI=1S/C25H21F3N4O3S/c1-15-20-22(36-21(15)24(35)31(2)12-16-7-4-3-5-8-16)29-14-32(23(20)34)13-19(33)30-18-10-6-9-17(11-18)25(26,27)28/h3-11,14H,12-13H2,1-2H3,(H,30,33). The van der Waals surface area contributed by atoms with Gasteiger partial charge in [-0.25, -0.2) is 4.98 Å². The lowest BCUT2D eigenvalue weighted by Gasteiger charge is -2.16. The second-order valence-corrected chi connectivity index (χ2v) is 9.19. The number of halogens is 3. The van der Waals surface area contributed by atoms with E-state index >= 15 is 0 Å². The van der Waals surface area contributed by atoms with Crippen molar-refractivity contribution in [1.82, 2.24) is 14.5 Å². The number of carbonyl (C=O) groups excluding carboxylic acids is 2.